The van der Waals surface area contributed by atoms with Gasteiger partial charge in [0.05, 0.1) is 5.69 Å². The molecule has 86 valence electrons. The first-order valence-corrected chi connectivity index (χ1v) is 5.97. The Balaban J connectivity index is 1.80. The van der Waals surface area contributed by atoms with Crippen molar-refractivity contribution in [2.24, 2.45) is 10.9 Å². The lowest BCUT2D eigenvalue weighted by Crippen LogP contribution is -2.00. The molecule has 0 spiro atoms. The van der Waals surface area contributed by atoms with Crippen LogP contribution >= 0.6 is 0 Å². The normalized spacial score (nSPS) is 19.1. The summed E-state index contributed by atoms with van der Waals surface area (Å²) in [4.78, 5) is 4.42. The van der Waals surface area contributed by atoms with E-state index in [9.17, 15) is 0 Å². The van der Waals surface area contributed by atoms with Gasteiger partial charge in [-0.25, -0.2) is 0 Å². The smallest absolute Gasteiger partial charge is 0.0625 e. The fourth-order valence-electron chi connectivity index (χ4n) is 1.84. The minimum absolute atomic E-state index is 0.474. The first-order valence-electron chi connectivity index (χ1n) is 5.97. The quantitative estimate of drug-likeness (QED) is 0.668. The molecular weight excluding hydrogens is 206 g/mol. The van der Waals surface area contributed by atoms with Crippen LogP contribution in [-0.4, -0.2) is 6.21 Å². The van der Waals surface area contributed by atoms with Crippen molar-refractivity contribution < 1.29 is 0 Å². The zero-order chi connectivity index (χ0) is 11.9. The number of aliphatic imine (C=N–C) groups is 1. The summed E-state index contributed by atoms with van der Waals surface area (Å²) in [6, 6.07) is 10.0. The second-order valence-electron chi connectivity index (χ2n) is 4.15. The van der Waals surface area contributed by atoms with Gasteiger partial charge in [-0.2, -0.15) is 0 Å². The van der Waals surface area contributed by atoms with Crippen LogP contribution in [-0.2, 0) is 0 Å². The van der Waals surface area contributed by atoms with E-state index in [-0.39, 0.29) is 0 Å². The number of hydrogen-bond donors (Lipinski definition) is 0. The molecule has 0 radical (unpaired) electrons. The van der Waals surface area contributed by atoms with E-state index in [0.717, 1.165) is 18.5 Å². The predicted octanol–water partition coefficient (Wildman–Crippen LogP) is 4.47. The number of rotatable bonds is 4. The monoisotopic (exact) mass is 223 g/mol. The highest BCUT2D eigenvalue weighted by molar-refractivity contribution is 5.63. The zero-order valence-electron chi connectivity index (χ0n) is 9.92. The average Bonchev–Trinajstić information content (AvgIpc) is 2.38. The Hall–Kier alpha value is -1.89. The summed E-state index contributed by atoms with van der Waals surface area (Å²) in [7, 11) is 0. The van der Waals surface area contributed by atoms with Crippen LogP contribution in [0.25, 0.3) is 0 Å². The molecule has 1 unspecified atom stereocenters. The molecule has 0 amide bonds. The summed E-state index contributed by atoms with van der Waals surface area (Å²) in [6.07, 6.45) is 12.5. The van der Waals surface area contributed by atoms with E-state index in [1.54, 1.807) is 0 Å². The lowest BCUT2D eigenvalue weighted by Gasteiger charge is -2.13. The highest BCUT2D eigenvalue weighted by atomic mass is 14.7. The van der Waals surface area contributed by atoms with Gasteiger partial charge >= 0.3 is 0 Å². The summed E-state index contributed by atoms with van der Waals surface area (Å²) in [5.41, 5.74) is 2.21. The first kappa shape index (κ1) is 11.6. The standard InChI is InChI=1S/C16H17N/c1-14-8-5-6-9-15(14)10-7-13-17-16-11-3-2-4-12-16/h2-6,8-9,11-13,15H,1,7,10H2. The maximum absolute atomic E-state index is 4.42. The number of hydrogen-bond acceptors (Lipinski definition) is 1. The number of para-hydroxylation sites is 1. The summed E-state index contributed by atoms with van der Waals surface area (Å²) >= 11 is 0. The molecule has 1 aromatic carbocycles. The van der Waals surface area contributed by atoms with E-state index in [1.807, 2.05) is 42.6 Å². The van der Waals surface area contributed by atoms with Crippen molar-refractivity contribution in [2.75, 3.05) is 0 Å². The molecule has 17 heavy (non-hydrogen) atoms. The van der Waals surface area contributed by atoms with Crippen molar-refractivity contribution in [3.8, 4) is 0 Å². The van der Waals surface area contributed by atoms with Crippen molar-refractivity contribution in [3.63, 3.8) is 0 Å². The first-order chi connectivity index (χ1) is 8.36. The third kappa shape index (κ3) is 3.56. The Morgan fingerprint density at radius 2 is 2.00 bits per heavy atom. The molecular formula is C16H17N. The molecule has 0 saturated carbocycles. The Labute approximate surface area is 103 Å². The van der Waals surface area contributed by atoms with Crippen LogP contribution in [0.4, 0.5) is 5.69 Å². The lowest BCUT2D eigenvalue weighted by atomic mass is 9.92. The van der Waals surface area contributed by atoms with Crippen molar-refractivity contribution >= 4 is 11.9 Å². The molecule has 0 saturated heterocycles. The van der Waals surface area contributed by atoms with E-state index >= 15 is 0 Å². The van der Waals surface area contributed by atoms with Gasteiger partial charge in [0.2, 0.25) is 0 Å². The van der Waals surface area contributed by atoms with Gasteiger partial charge in [0, 0.05) is 12.1 Å². The number of nitrogens with zero attached hydrogens (tertiary/aromatic N) is 1. The van der Waals surface area contributed by atoms with Gasteiger partial charge in [0.1, 0.15) is 0 Å². The summed E-state index contributed by atoms with van der Waals surface area (Å²) in [5.74, 6) is 0.474. The van der Waals surface area contributed by atoms with Crippen molar-refractivity contribution in [3.05, 3.63) is 66.8 Å². The number of benzene rings is 1. The molecule has 0 bridgehead atoms. The third-order valence-electron chi connectivity index (χ3n) is 2.84. The van der Waals surface area contributed by atoms with E-state index in [4.69, 9.17) is 0 Å². The summed E-state index contributed by atoms with van der Waals surface area (Å²) < 4.78 is 0. The second-order valence-corrected chi connectivity index (χ2v) is 4.15. The van der Waals surface area contributed by atoms with Crippen molar-refractivity contribution in [1.29, 1.82) is 0 Å². The zero-order valence-corrected chi connectivity index (χ0v) is 9.92. The molecule has 1 aliphatic rings. The average molecular weight is 223 g/mol. The number of allylic oxidation sites excluding steroid dienone is 5. The molecule has 0 aromatic heterocycles. The van der Waals surface area contributed by atoms with Crippen LogP contribution in [0.1, 0.15) is 12.8 Å². The Kier molecular flexibility index (Phi) is 4.09. The highest BCUT2D eigenvalue weighted by Gasteiger charge is 2.07. The van der Waals surface area contributed by atoms with Gasteiger partial charge in [-0.1, -0.05) is 49.1 Å². The van der Waals surface area contributed by atoms with E-state index in [0.29, 0.717) is 5.92 Å². The summed E-state index contributed by atoms with van der Waals surface area (Å²) in [5, 5.41) is 0. The largest absolute Gasteiger partial charge is 0.261 e. The molecule has 0 heterocycles. The van der Waals surface area contributed by atoms with Crippen LogP contribution in [0.15, 0.2) is 71.8 Å². The Morgan fingerprint density at radius 1 is 1.18 bits per heavy atom. The fourth-order valence-corrected chi connectivity index (χ4v) is 1.84. The molecule has 1 aromatic rings. The van der Waals surface area contributed by atoms with Crippen LogP contribution < -0.4 is 0 Å². The minimum Gasteiger partial charge on any atom is -0.261 e. The molecule has 2 rings (SSSR count). The topological polar surface area (TPSA) is 12.4 Å². The van der Waals surface area contributed by atoms with Gasteiger partial charge in [-0.3, -0.25) is 4.99 Å². The molecule has 0 aliphatic heterocycles. The van der Waals surface area contributed by atoms with Crippen molar-refractivity contribution in [1.82, 2.24) is 0 Å². The van der Waals surface area contributed by atoms with Crippen molar-refractivity contribution in [2.45, 2.75) is 12.8 Å². The lowest BCUT2D eigenvalue weighted by molar-refractivity contribution is 0.714. The van der Waals surface area contributed by atoms with Gasteiger partial charge in [0.15, 0.2) is 0 Å². The van der Waals surface area contributed by atoms with Crippen LogP contribution in [0.3, 0.4) is 0 Å². The van der Waals surface area contributed by atoms with Crippen LogP contribution in [0, 0.1) is 5.92 Å². The van der Waals surface area contributed by atoms with Crippen LogP contribution in [0.2, 0.25) is 0 Å². The predicted molar refractivity (Wildman–Crippen MR) is 74.7 cm³/mol. The van der Waals surface area contributed by atoms with E-state index in [1.165, 1.54) is 5.57 Å². The maximum Gasteiger partial charge on any atom is 0.0625 e. The highest BCUT2D eigenvalue weighted by Crippen LogP contribution is 2.21. The molecule has 1 atom stereocenters. The second kappa shape index (κ2) is 6.00. The maximum atomic E-state index is 4.42. The Bertz CT molecular complexity index is 452. The molecule has 1 aliphatic carbocycles. The Morgan fingerprint density at radius 3 is 2.76 bits per heavy atom. The molecule has 0 N–H and O–H groups in total. The van der Waals surface area contributed by atoms with Crippen LogP contribution in [0.5, 0.6) is 0 Å². The third-order valence-corrected chi connectivity index (χ3v) is 2.84. The van der Waals surface area contributed by atoms with Gasteiger partial charge in [0.25, 0.3) is 0 Å². The minimum atomic E-state index is 0.474. The SMILES string of the molecule is C=C1C=CC=CC1CCC=Nc1ccccc1. The van der Waals surface area contributed by atoms with E-state index < -0.39 is 0 Å². The van der Waals surface area contributed by atoms with Gasteiger partial charge in [-0.15, -0.1) is 0 Å². The van der Waals surface area contributed by atoms with Gasteiger partial charge < -0.3 is 0 Å². The summed E-state index contributed by atoms with van der Waals surface area (Å²) in [6.45, 7) is 4.05. The van der Waals surface area contributed by atoms with Gasteiger partial charge in [-0.05, 0) is 30.5 Å². The van der Waals surface area contributed by atoms with E-state index in [2.05, 4.69) is 29.8 Å². The molecule has 1 heteroatoms. The molecule has 1 nitrogen and oxygen atoms in total. The fraction of sp³-hybridized carbons (Fsp3) is 0.188. The molecule has 0 fully saturated rings.